The molecule has 1 amide bonds. The molecule has 0 aliphatic carbocycles. The fourth-order valence-electron chi connectivity index (χ4n) is 1.34. The van der Waals surface area contributed by atoms with E-state index in [1.807, 2.05) is 0 Å². The highest BCUT2D eigenvalue weighted by molar-refractivity contribution is 8.00. The number of hydrogen-bond acceptors (Lipinski definition) is 3. The van der Waals surface area contributed by atoms with Gasteiger partial charge in [-0.25, -0.2) is 0 Å². The Morgan fingerprint density at radius 3 is 2.71 bits per heavy atom. The number of hydrogen-bond donors (Lipinski definition) is 2. The van der Waals surface area contributed by atoms with Crippen LogP contribution in [0.2, 0.25) is 5.02 Å². The molecule has 0 saturated carbocycles. The van der Waals surface area contributed by atoms with Gasteiger partial charge in [0.25, 0.3) is 5.91 Å². The smallest absolute Gasteiger partial charge is 0.351 e. The highest BCUT2D eigenvalue weighted by atomic mass is 35.5. The van der Waals surface area contributed by atoms with Gasteiger partial charge in [0.2, 0.25) is 0 Å². The normalized spacial score (nSPS) is 10.7. The molecule has 0 radical (unpaired) electrons. The van der Waals surface area contributed by atoms with Gasteiger partial charge in [0.1, 0.15) is 0 Å². The van der Waals surface area contributed by atoms with Crippen LogP contribution in [0.15, 0.2) is 18.2 Å². The summed E-state index contributed by atoms with van der Waals surface area (Å²) in [6.45, 7) is 0.102. The van der Waals surface area contributed by atoms with E-state index < -0.39 is 11.4 Å². The van der Waals surface area contributed by atoms with Crippen molar-refractivity contribution < 1.29 is 18.0 Å². The molecular weight excluding hydrogens is 325 g/mol. The summed E-state index contributed by atoms with van der Waals surface area (Å²) in [7, 11) is 0. The second kappa shape index (κ2) is 8.17. The summed E-state index contributed by atoms with van der Waals surface area (Å²) in [5.41, 5.74) is 1.74. The van der Waals surface area contributed by atoms with E-state index in [0.717, 1.165) is 0 Å². The van der Waals surface area contributed by atoms with Crippen LogP contribution in [-0.2, 0) is 0 Å². The summed E-state index contributed by atoms with van der Waals surface area (Å²) in [5, 5.41) is 2.67. The summed E-state index contributed by atoms with van der Waals surface area (Å²) in [5.74, 6) is 4.64. The summed E-state index contributed by atoms with van der Waals surface area (Å²) >= 11 is 5.77. The summed E-state index contributed by atoms with van der Waals surface area (Å²) < 4.78 is 35.7. The molecule has 0 aliphatic rings. The molecule has 114 valence electrons. The van der Waals surface area contributed by atoms with Crippen LogP contribution in [0, 0.1) is 11.8 Å². The number of thioether (sulfide) groups is 1. The number of rotatable bonds is 4. The van der Waals surface area contributed by atoms with E-state index in [0.29, 0.717) is 5.56 Å². The summed E-state index contributed by atoms with van der Waals surface area (Å²) in [6, 6.07) is 4.47. The Bertz CT molecular complexity index is 567. The fourth-order valence-corrected chi connectivity index (χ4v) is 2.00. The minimum Gasteiger partial charge on any atom is -0.351 e. The lowest BCUT2D eigenvalue weighted by Crippen LogP contribution is -2.26. The SMILES string of the molecule is NCC#Cc1ccc(C(=O)NCCSC(F)(F)F)cc1Cl. The highest BCUT2D eigenvalue weighted by Gasteiger charge is 2.27. The zero-order valence-corrected chi connectivity index (χ0v) is 12.3. The molecule has 0 heterocycles. The van der Waals surface area contributed by atoms with Crippen molar-refractivity contribution in [1.29, 1.82) is 0 Å². The minimum atomic E-state index is -4.29. The van der Waals surface area contributed by atoms with Crippen molar-refractivity contribution in [3.8, 4) is 11.8 Å². The van der Waals surface area contributed by atoms with Crippen LogP contribution in [0.25, 0.3) is 0 Å². The van der Waals surface area contributed by atoms with Crippen molar-refractivity contribution in [1.82, 2.24) is 5.32 Å². The van der Waals surface area contributed by atoms with E-state index >= 15 is 0 Å². The number of carbonyl (C=O) groups excluding carboxylic acids is 1. The van der Waals surface area contributed by atoms with Gasteiger partial charge >= 0.3 is 5.51 Å². The van der Waals surface area contributed by atoms with E-state index in [4.69, 9.17) is 17.3 Å². The number of benzene rings is 1. The maximum absolute atomic E-state index is 11.9. The van der Waals surface area contributed by atoms with E-state index in [9.17, 15) is 18.0 Å². The van der Waals surface area contributed by atoms with Crippen molar-refractivity contribution >= 4 is 29.3 Å². The second-order valence-electron chi connectivity index (χ2n) is 3.75. The first kappa shape index (κ1) is 17.7. The highest BCUT2D eigenvalue weighted by Crippen LogP contribution is 2.29. The number of halogens is 4. The largest absolute Gasteiger partial charge is 0.441 e. The Labute approximate surface area is 129 Å². The number of nitrogens with one attached hydrogen (secondary N) is 1. The van der Waals surface area contributed by atoms with Gasteiger partial charge in [-0.3, -0.25) is 4.79 Å². The second-order valence-corrected chi connectivity index (χ2v) is 5.32. The maximum atomic E-state index is 11.9. The van der Waals surface area contributed by atoms with Gasteiger partial charge in [-0.2, -0.15) is 13.2 Å². The fraction of sp³-hybridized carbons (Fsp3) is 0.308. The van der Waals surface area contributed by atoms with Crippen molar-refractivity contribution in [3.63, 3.8) is 0 Å². The Hall–Kier alpha value is -1.36. The van der Waals surface area contributed by atoms with Crippen molar-refractivity contribution in [3.05, 3.63) is 34.3 Å². The van der Waals surface area contributed by atoms with Gasteiger partial charge in [0.05, 0.1) is 11.6 Å². The van der Waals surface area contributed by atoms with Gasteiger partial charge in [0, 0.05) is 23.4 Å². The Morgan fingerprint density at radius 2 is 2.14 bits per heavy atom. The Morgan fingerprint density at radius 1 is 1.43 bits per heavy atom. The molecule has 3 nitrogen and oxygen atoms in total. The lowest BCUT2D eigenvalue weighted by molar-refractivity contribution is -0.0327. The summed E-state index contributed by atoms with van der Waals surface area (Å²) in [4.78, 5) is 11.7. The zero-order valence-electron chi connectivity index (χ0n) is 10.8. The average Bonchev–Trinajstić information content (AvgIpc) is 2.41. The molecule has 8 heteroatoms. The third-order valence-electron chi connectivity index (χ3n) is 2.21. The van der Waals surface area contributed by atoms with Crippen LogP contribution in [0.3, 0.4) is 0 Å². The van der Waals surface area contributed by atoms with E-state index in [1.54, 1.807) is 6.07 Å². The molecule has 21 heavy (non-hydrogen) atoms. The minimum absolute atomic E-state index is 0.0879. The quantitative estimate of drug-likeness (QED) is 0.656. The molecule has 0 atom stereocenters. The molecule has 1 aromatic carbocycles. The van der Waals surface area contributed by atoms with Crippen LogP contribution < -0.4 is 11.1 Å². The van der Waals surface area contributed by atoms with Gasteiger partial charge < -0.3 is 11.1 Å². The monoisotopic (exact) mass is 336 g/mol. The third kappa shape index (κ3) is 6.76. The molecule has 0 unspecified atom stereocenters. The maximum Gasteiger partial charge on any atom is 0.441 e. The predicted molar refractivity (Wildman–Crippen MR) is 78.2 cm³/mol. The molecule has 0 spiro atoms. The van der Waals surface area contributed by atoms with Crippen LogP contribution in [0.4, 0.5) is 13.2 Å². The van der Waals surface area contributed by atoms with Gasteiger partial charge in [0.15, 0.2) is 0 Å². The van der Waals surface area contributed by atoms with Gasteiger partial charge in [-0.1, -0.05) is 23.4 Å². The van der Waals surface area contributed by atoms with E-state index in [2.05, 4.69) is 17.2 Å². The lowest BCUT2D eigenvalue weighted by Gasteiger charge is -2.07. The van der Waals surface area contributed by atoms with Crippen LogP contribution in [0.5, 0.6) is 0 Å². The first-order valence-electron chi connectivity index (χ1n) is 5.81. The molecule has 0 fully saturated rings. The van der Waals surface area contributed by atoms with E-state index in [1.165, 1.54) is 12.1 Å². The van der Waals surface area contributed by atoms with Crippen LogP contribution in [-0.4, -0.2) is 30.3 Å². The standard InChI is InChI=1S/C13H12ClF3N2OS/c14-11-8-10(4-3-9(11)2-1-5-18)12(20)19-6-7-21-13(15,16)17/h3-4,8H,5-7,18H2,(H,19,20). The Balaban J connectivity index is 2.57. The first-order valence-corrected chi connectivity index (χ1v) is 7.17. The van der Waals surface area contributed by atoms with Crippen molar-refractivity contribution in [2.24, 2.45) is 5.73 Å². The number of nitrogens with two attached hydrogens (primary N) is 1. The number of carbonyl (C=O) groups is 1. The molecular formula is C13H12ClF3N2OS. The first-order chi connectivity index (χ1) is 9.83. The number of amides is 1. The van der Waals surface area contributed by atoms with Crippen molar-refractivity contribution in [2.45, 2.75) is 5.51 Å². The molecule has 0 aliphatic heterocycles. The van der Waals surface area contributed by atoms with E-state index in [-0.39, 0.29) is 41.2 Å². The molecule has 0 aromatic heterocycles. The topological polar surface area (TPSA) is 55.1 Å². The molecule has 1 rings (SSSR count). The third-order valence-corrected chi connectivity index (χ3v) is 3.26. The Kier molecular flexibility index (Phi) is 6.89. The number of alkyl halides is 3. The van der Waals surface area contributed by atoms with Gasteiger partial charge in [-0.05, 0) is 30.0 Å². The summed E-state index contributed by atoms with van der Waals surface area (Å²) in [6.07, 6.45) is 0. The van der Waals surface area contributed by atoms with Gasteiger partial charge in [-0.15, -0.1) is 0 Å². The predicted octanol–water partition coefficient (Wildman–Crippen LogP) is 2.63. The van der Waals surface area contributed by atoms with Crippen LogP contribution >= 0.6 is 23.4 Å². The molecule has 3 N–H and O–H groups in total. The van der Waals surface area contributed by atoms with Crippen molar-refractivity contribution in [2.75, 3.05) is 18.8 Å². The zero-order chi connectivity index (χ0) is 15.9. The molecule has 0 bridgehead atoms. The average molecular weight is 337 g/mol. The van der Waals surface area contributed by atoms with Crippen LogP contribution in [0.1, 0.15) is 15.9 Å². The molecule has 0 saturated heterocycles. The lowest BCUT2D eigenvalue weighted by atomic mass is 10.1. The molecule has 1 aromatic rings.